The standard InChI is InChI=1S/C27H21BrN2O3/c28-22-10-6-9-21(16-22)19-32-26-15-5-4-14-25(26)27(31)30-29-18-20-8-7-13-24(17-20)33-23-11-2-1-3-12-23/h1-18H,19H2,(H,30,31)/b29-18-. The fourth-order valence-electron chi connectivity index (χ4n) is 3.08. The minimum Gasteiger partial charge on any atom is -0.488 e. The third-order valence-corrected chi connectivity index (χ3v) is 5.13. The predicted octanol–water partition coefficient (Wildman–Crippen LogP) is 6.58. The first-order valence-electron chi connectivity index (χ1n) is 10.3. The third kappa shape index (κ3) is 6.54. The largest absolute Gasteiger partial charge is 0.488 e. The van der Waals surface area contributed by atoms with Gasteiger partial charge in [0.15, 0.2) is 0 Å². The van der Waals surface area contributed by atoms with E-state index in [0.29, 0.717) is 23.7 Å². The van der Waals surface area contributed by atoms with Gasteiger partial charge in [-0.3, -0.25) is 4.79 Å². The number of hydrazone groups is 1. The Kier molecular flexibility index (Phi) is 7.51. The summed E-state index contributed by atoms with van der Waals surface area (Å²) in [6.45, 7) is 0.348. The quantitative estimate of drug-likeness (QED) is 0.219. The molecule has 1 amide bonds. The maximum atomic E-state index is 12.7. The summed E-state index contributed by atoms with van der Waals surface area (Å²) in [6.07, 6.45) is 1.57. The molecule has 0 heterocycles. The zero-order valence-electron chi connectivity index (χ0n) is 17.6. The molecule has 0 aliphatic heterocycles. The van der Waals surface area contributed by atoms with E-state index in [9.17, 15) is 4.79 Å². The molecular weight excluding hydrogens is 480 g/mol. The normalized spacial score (nSPS) is 10.7. The number of nitrogens with one attached hydrogen (secondary N) is 1. The van der Waals surface area contributed by atoms with Crippen LogP contribution in [0.3, 0.4) is 0 Å². The summed E-state index contributed by atoms with van der Waals surface area (Å²) in [5.74, 6) is 1.57. The number of carbonyl (C=O) groups excluding carboxylic acids is 1. The molecule has 0 aliphatic rings. The summed E-state index contributed by atoms with van der Waals surface area (Å²) in [5, 5.41) is 4.10. The lowest BCUT2D eigenvalue weighted by molar-refractivity contribution is 0.0950. The number of hydrogen-bond donors (Lipinski definition) is 1. The third-order valence-electron chi connectivity index (χ3n) is 4.63. The van der Waals surface area contributed by atoms with E-state index in [-0.39, 0.29) is 5.91 Å². The maximum absolute atomic E-state index is 12.7. The molecule has 33 heavy (non-hydrogen) atoms. The van der Waals surface area contributed by atoms with Gasteiger partial charge in [0.25, 0.3) is 5.91 Å². The van der Waals surface area contributed by atoms with Crippen molar-refractivity contribution >= 4 is 28.1 Å². The second kappa shape index (κ2) is 11.1. The van der Waals surface area contributed by atoms with Crippen LogP contribution in [0.5, 0.6) is 17.2 Å². The van der Waals surface area contributed by atoms with E-state index in [0.717, 1.165) is 21.3 Å². The molecule has 164 valence electrons. The Labute approximate surface area is 200 Å². The lowest BCUT2D eigenvalue weighted by Crippen LogP contribution is -2.18. The van der Waals surface area contributed by atoms with E-state index in [1.54, 1.807) is 24.4 Å². The van der Waals surface area contributed by atoms with Gasteiger partial charge >= 0.3 is 0 Å². The molecule has 0 saturated carbocycles. The molecule has 0 fully saturated rings. The van der Waals surface area contributed by atoms with Gasteiger partial charge in [0.1, 0.15) is 23.9 Å². The van der Waals surface area contributed by atoms with Crippen LogP contribution in [0.1, 0.15) is 21.5 Å². The summed E-state index contributed by atoms with van der Waals surface area (Å²) in [7, 11) is 0. The van der Waals surface area contributed by atoms with Crippen LogP contribution in [0.2, 0.25) is 0 Å². The number of para-hydroxylation sites is 2. The SMILES string of the molecule is O=C(N/N=C\c1cccc(Oc2ccccc2)c1)c1ccccc1OCc1cccc(Br)c1. The first-order chi connectivity index (χ1) is 16.2. The molecule has 0 spiro atoms. The van der Waals surface area contributed by atoms with Crippen molar-refractivity contribution in [1.82, 2.24) is 5.43 Å². The topological polar surface area (TPSA) is 59.9 Å². The van der Waals surface area contributed by atoms with Gasteiger partial charge in [-0.05, 0) is 59.7 Å². The van der Waals surface area contributed by atoms with Crippen molar-refractivity contribution in [3.8, 4) is 17.2 Å². The van der Waals surface area contributed by atoms with Crippen LogP contribution in [0, 0.1) is 0 Å². The number of ether oxygens (including phenoxy) is 2. The molecule has 4 aromatic carbocycles. The van der Waals surface area contributed by atoms with E-state index < -0.39 is 0 Å². The first kappa shape index (κ1) is 22.3. The van der Waals surface area contributed by atoms with Gasteiger partial charge in [-0.15, -0.1) is 0 Å². The Morgan fingerprint density at radius 3 is 2.45 bits per heavy atom. The Bertz CT molecular complexity index is 1260. The monoisotopic (exact) mass is 500 g/mol. The summed E-state index contributed by atoms with van der Waals surface area (Å²) >= 11 is 3.45. The van der Waals surface area contributed by atoms with Crippen molar-refractivity contribution in [2.75, 3.05) is 0 Å². The molecule has 6 heteroatoms. The fourth-order valence-corrected chi connectivity index (χ4v) is 3.52. The molecule has 0 saturated heterocycles. The highest BCUT2D eigenvalue weighted by Gasteiger charge is 2.11. The van der Waals surface area contributed by atoms with Crippen LogP contribution < -0.4 is 14.9 Å². The molecule has 0 bridgehead atoms. The maximum Gasteiger partial charge on any atom is 0.275 e. The van der Waals surface area contributed by atoms with Crippen molar-refractivity contribution in [1.29, 1.82) is 0 Å². The highest BCUT2D eigenvalue weighted by molar-refractivity contribution is 9.10. The molecule has 5 nitrogen and oxygen atoms in total. The predicted molar refractivity (Wildman–Crippen MR) is 133 cm³/mol. The van der Waals surface area contributed by atoms with Crippen LogP contribution in [-0.4, -0.2) is 12.1 Å². The van der Waals surface area contributed by atoms with Gasteiger partial charge in [0, 0.05) is 4.47 Å². The van der Waals surface area contributed by atoms with E-state index in [1.807, 2.05) is 84.9 Å². The van der Waals surface area contributed by atoms with Crippen LogP contribution in [0.15, 0.2) is 113 Å². The van der Waals surface area contributed by atoms with Gasteiger partial charge in [-0.25, -0.2) is 5.43 Å². The van der Waals surface area contributed by atoms with Crippen LogP contribution in [0.25, 0.3) is 0 Å². The number of hydrogen-bond acceptors (Lipinski definition) is 4. The molecule has 4 rings (SSSR count). The van der Waals surface area contributed by atoms with E-state index in [1.165, 1.54) is 0 Å². The molecule has 4 aromatic rings. The van der Waals surface area contributed by atoms with Crippen LogP contribution in [-0.2, 0) is 6.61 Å². The molecule has 0 aliphatic carbocycles. The highest BCUT2D eigenvalue weighted by Crippen LogP contribution is 2.22. The number of rotatable bonds is 8. The Balaban J connectivity index is 1.38. The highest BCUT2D eigenvalue weighted by atomic mass is 79.9. The summed E-state index contributed by atoms with van der Waals surface area (Å²) in [5.41, 5.74) is 4.76. The minimum absolute atomic E-state index is 0.348. The van der Waals surface area contributed by atoms with Crippen molar-refractivity contribution in [2.24, 2.45) is 5.10 Å². The Hall–Kier alpha value is -3.90. The van der Waals surface area contributed by atoms with Crippen molar-refractivity contribution in [3.05, 3.63) is 124 Å². The second-order valence-electron chi connectivity index (χ2n) is 7.10. The van der Waals surface area contributed by atoms with Gasteiger partial charge in [-0.1, -0.05) is 70.5 Å². The summed E-state index contributed by atoms with van der Waals surface area (Å²) in [4.78, 5) is 12.7. The molecule has 0 aromatic heterocycles. The number of halogens is 1. The van der Waals surface area contributed by atoms with Gasteiger partial charge in [0.2, 0.25) is 0 Å². The van der Waals surface area contributed by atoms with E-state index >= 15 is 0 Å². The number of benzene rings is 4. The molecular formula is C27H21BrN2O3. The van der Waals surface area contributed by atoms with Gasteiger partial charge in [0.05, 0.1) is 11.8 Å². The molecule has 0 radical (unpaired) electrons. The van der Waals surface area contributed by atoms with E-state index in [2.05, 4.69) is 26.5 Å². The minimum atomic E-state index is -0.354. The zero-order chi connectivity index (χ0) is 22.9. The van der Waals surface area contributed by atoms with E-state index in [4.69, 9.17) is 9.47 Å². The second-order valence-corrected chi connectivity index (χ2v) is 8.02. The van der Waals surface area contributed by atoms with Crippen molar-refractivity contribution in [3.63, 3.8) is 0 Å². The van der Waals surface area contributed by atoms with Crippen LogP contribution >= 0.6 is 15.9 Å². The van der Waals surface area contributed by atoms with Crippen molar-refractivity contribution < 1.29 is 14.3 Å². The van der Waals surface area contributed by atoms with Crippen molar-refractivity contribution in [2.45, 2.75) is 6.61 Å². The average Bonchev–Trinajstić information content (AvgIpc) is 2.84. The number of nitrogens with zero attached hydrogens (tertiary/aromatic N) is 1. The fraction of sp³-hybridized carbons (Fsp3) is 0.0370. The summed E-state index contributed by atoms with van der Waals surface area (Å²) in [6, 6.07) is 31.9. The van der Waals surface area contributed by atoms with Gasteiger partial charge in [-0.2, -0.15) is 5.10 Å². The Morgan fingerprint density at radius 1 is 0.848 bits per heavy atom. The molecule has 0 atom stereocenters. The number of amides is 1. The summed E-state index contributed by atoms with van der Waals surface area (Å²) < 4.78 is 12.7. The van der Waals surface area contributed by atoms with Gasteiger partial charge < -0.3 is 9.47 Å². The lowest BCUT2D eigenvalue weighted by Gasteiger charge is -2.10. The molecule has 0 unspecified atom stereocenters. The zero-order valence-corrected chi connectivity index (χ0v) is 19.2. The number of carbonyl (C=O) groups is 1. The lowest BCUT2D eigenvalue weighted by atomic mass is 10.2. The van der Waals surface area contributed by atoms with Crippen LogP contribution in [0.4, 0.5) is 0 Å². The molecule has 1 N–H and O–H groups in total. The first-order valence-corrected chi connectivity index (χ1v) is 11.1. The smallest absolute Gasteiger partial charge is 0.275 e. The average molecular weight is 501 g/mol. The Morgan fingerprint density at radius 2 is 1.61 bits per heavy atom.